The van der Waals surface area contributed by atoms with Crippen LogP contribution in [0.25, 0.3) is 0 Å². The van der Waals surface area contributed by atoms with Crippen molar-refractivity contribution >= 4 is 0 Å². The molecule has 1 aliphatic heterocycles. The van der Waals surface area contributed by atoms with Crippen molar-refractivity contribution in [3.8, 4) is 5.88 Å². The van der Waals surface area contributed by atoms with Crippen LogP contribution in [0.2, 0.25) is 0 Å². The third-order valence-electron chi connectivity index (χ3n) is 1.62. The number of hydrogen-bond donors (Lipinski definition) is 0. The van der Waals surface area contributed by atoms with Gasteiger partial charge >= 0.3 is 0 Å². The molecule has 0 fully saturated rings. The van der Waals surface area contributed by atoms with E-state index in [0.717, 1.165) is 24.3 Å². The Balaban J connectivity index is 2.41. The lowest BCUT2D eigenvalue weighted by Gasteiger charge is -2.15. The Hall–Kier alpha value is -1.38. The van der Waals surface area contributed by atoms with Crippen LogP contribution in [0.3, 0.4) is 0 Å². The van der Waals surface area contributed by atoms with E-state index in [1.807, 2.05) is 0 Å². The van der Waals surface area contributed by atoms with Crippen LogP contribution in [-0.2, 0) is 6.42 Å². The van der Waals surface area contributed by atoms with Gasteiger partial charge in [0.05, 0.1) is 5.76 Å². The average molecular weight is 148 g/mol. The molecule has 0 saturated carbocycles. The summed E-state index contributed by atoms with van der Waals surface area (Å²) >= 11 is 0. The van der Waals surface area contributed by atoms with Gasteiger partial charge in [-0.2, -0.15) is 0 Å². The zero-order chi connectivity index (χ0) is 7.68. The number of rotatable bonds is 0. The van der Waals surface area contributed by atoms with Crippen LogP contribution in [0.15, 0.2) is 24.7 Å². The van der Waals surface area contributed by atoms with E-state index in [4.69, 9.17) is 4.74 Å². The van der Waals surface area contributed by atoms with E-state index in [1.54, 1.807) is 12.4 Å². The molecule has 0 amide bonds. The molecule has 0 bridgehead atoms. The van der Waals surface area contributed by atoms with Gasteiger partial charge in [0, 0.05) is 25.2 Å². The molecule has 0 saturated heterocycles. The van der Waals surface area contributed by atoms with Gasteiger partial charge in [0.25, 0.3) is 0 Å². The molecule has 11 heavy (non-hydrogen) atoms. The Labute approximate surface area is 64.7 Å². The molecule has 0 aromatic carbocycles. The quantitative estimate of drug-likeness (QED) is 0.556. The first-order valence-corrected chi connectivity index (χ1v) is 3.52. The minimum atomic E-state index is 0.615. The lowest BCUT2D eigenvalue weighted by Crippen LogP contribution is -2.08. The number of allylic oxidation sites excluding steroid dienone is 1. The second-order valence-corrected chi connectivity index (χ2v) is 2.45. The lowest BCUT2D eigenvalue weighted by atomic mass is 10.2. The Kier molecular flexibility index (Phi) is 1.35. The molecule has 0 radical (unpaired) electrons. The summed E-state index contributed by atoms with van der Waals surface area (Å²) in [6, 6.07) is 0. The summed E-state index contributed by atoms with van der Waals surface area (Å²) in [7, 11) is 0. The molecule has 2 heterocycles. The standard InChI is InChI=1S/C8H8N2O/c1-6-2-3-7-8(11-6)10-5-4-9-7/h4-5H,1-3H2. The molecule has 1 aromatic heterocycles. The van der Waals surface area contributed by atoms with E-state index < -0.39 is 0 Å². The van der Waals surface area contributed by atoms with Gasteiger partial charge in [-0.15, -0.1) is 0 Å². The van der Waals surface area contributed by atoms with Crippen molar-refractivity contribution < 1.29 is 4.74 Å². The summed E-state index contributed by atoms with van der Waals surface area (Å²) in [6.07, 6.45) is 5.04. The molecule has 0 aliphatic carbocycles. The maximum absolute atomic E-state index is 5.26. The Morgan fingerprint density at radius 1 is 1.27 bits per heavy atom. The molecule has 3 heteroatoms. The highest BCUT2D eigenvalue weighted by atomic mass is 16.5. The third-order valence-corrected chi connectivity index (χ3v) is 1.62. The summed E-state index contributed by atoms with van der Waals surface area (Å²) < 4.78 is 5.26. The summed E-state index contributed by atoms with van der Waals surface area (Å²) in [6.45, 7) is 3.72. The van der Waals surface area contributed by atoms with E-state index in [2.05, 4.69) is 16.5 Å². The topological polar surface area (TPSA) is 35.0 Å². The first kappa shape index (κ1) is 6.34. The molecular weight excluding hydrogens is 140 g/mol. The van der Waals surface area contributed by atoms with E-state index in [1.165, 1.54) is 0 Å². The van der Waals surface area contributed by atoms with E-state index in [9.17, 15) is 0 Å². The van der Waals surface area contributed by atoms with Crippen molar-refractivity contribution in [1.82, 2.24) is 9.97 Å². The van der Waals surface area contributed by atoms with Crippen LogP contribution < -0.4 is 4.74 Å². The number of aryl methyl sites for hydroxylation is 1. The molecule has 0 unspecified atom stereocenters. The fourth-order valence-corrected chi connectivity index (χ4v) is 1.06. The number of nitrogens with zero attached hydrogens (tertiary/aromatic N) is 2. The second kappa shape index (κ2) is 2.34. The minimum Gasteiger partial charge on any atom is -0.442 e. The Bertz CT molecular complexity index is 296. The maximum Gasteiger partial charge on any atom is 0.240 e. The van der Waals surface area contributed by atoms with Crippen LogP contribution in [0.1, 0.15) is 12.1 Å². The fourth-order valence-electron chi connectivity index (χ4n) is 1.06. The van der Waals surface area contributed by atoms with Gasteiger partial charge in [0.1, 0.15) is 5.69 Å². The van der Waals surface area contributed by atoms with Crippen molar-refractivity contribution in [2.45, 2.75) is 12.8 Å². The van der Waals surface area contributed by atoms with Crippen molar-refractivity contribution in [2.75, 3.05) is 0 Å². The van der Waals surface area contributed by atoms with Gasteiger partial charge in [0.2, 0.25) is 5.88 Å². The Morgan fingerprint density at radius 3 is 3.00 bits per heavy atom. The van der Waals surface area contributed by atoms with Crippen LogP contribution in [-0.4, -0.2) is 9.97 Å². The van der Waals surface area contributed by atoms with Gasteiger partial charge in [-0.3, -0.25) is 4.98 Å². The normalized spacial score (nSPS) is 15.5. The molecule has 1 aromatic rings. The number of ether oxygens (including phenoxy) is 1. The van der Waals surface area contributed by atoms with Gasteiger partial charge < -0.3 is 4.74 Å². The van der Waals surface area contributed by atoms with E-state index >= 15 is 0 Å². The van der Waals surface area contributed by atoms with Crippen molar-refractivity contribution in [1.29, 1.82) is 0 Å². The van der Waals surface area contributed by atoms with Gasteiger partial charge in [-0.25, -0.2) is 4.98 Å². The van der Waals surface area contributed by atoms with Crippen LogP contribution >= 0.6 is 0 Å². The molecule has 2 rings (SSSR count). The second-order valence-electron chi connectivity index (χ2n) is 2.45. The molecule has 0 atom stereocenters. The predicted octanol–water partition coefficient (Wildman–Crippen LogP) is 1.32. The molecule has 3 nitrogen and oxygen atoms in total. The maximum atomic E-state index is 5.26. The number of aromatic nitrogens is 2. The molecular formula is C8H8N2O. The van der Waals surface area contributed by atoms with Crippen LogP contribution in [0.5, 0.6) is 5.88 Å². The highest BCUT2D eigenvalue weighted by Gasteiger charge is 2.14. The minimum absolute atomic E-state index is 0.615. The average Bonchev–Trinajstić information content (AvgIpc) is 2.04. The first-order chi connectivity index (χ1) is 5.36. The zero-order valence-corrected chi connectivity index (χ0v) is 6.08. The summed E-state index contributed by atoms with van der Waals surface area (Å²) in [5.41, 5.74) is 0.930. The van der Waals surface area contributed by atoms with Crippen molar-refractivity contribution in [2.24, 2.45) is 0 Å². The van der Waals surface area contributed by atoms with Crippen LogP contribution in [0.4, 0.5) is 0 Å². The molecule has 56 valence electrons. The highest BCUT2D eigenvalue weighted by Crippen LogP contribution is 2.23. The van der Waals surface area contributed by atoms with Gasteiger partial charge in [0.15, 0.2) is 0 Å². The third kappa shape index (κ3) is 1.09. The van der Waals surface area contributed by atoms with E-state index in [0.29, 0.717) is 5.88 Å². The first-order valence-electron chi connectivity index (χ1n) is 3.52. The fraction of sp³-hybridized carbons (Fsp3) is 0.250. The Morgan fingerprint density at radius 2 is 2.09 bits per heavy atom. The van der Waals surface area contributed by atoms with Gasteiger partial charge in [-0.05, 0) is 0 Å². The number of hydrogen-bond acceptors (Lipinski definition) is 3. The molecule has 1 aliphatic rings. The van der Waals surface area contributed by atoms with Crippen molar-refractivity contribution in [3.05, 3.63) is 30.4 Å². The highest BCUT2D eigenvalue weighted by molar-refractivity contribution is 5.23. The largest absolute Gasteiger partial charge is 0.442 e. The summed E-state index contributed by atoms with van der Waals surface area (Å²) in [4.78, 5) is 8.15. The van der Waals surface area contributed by atoms with E-state index in [-0.39, 0.29) is 0 Å². The number of fused-ring (bicyclic) bond motifs is 1. The lowest BCUT2D eigenvalue weighted by molar-refractivity contribution is 0.360. The summed E-state index contributed by atoms with van der Waals surface area (Å²) in [5, 5.41) is 0. The zero-order valence-electron chi connectivity index (χ0n) is 6.08. The van der Waals surface area contributed by atoms with Crippen molar-refractivity contribution in [3.63, 3.8) is 0 Å². The smallest absolute Gasteiger partial charge is 0.240 e. The SMILES string of the molecule is C=C1CCc2nccnc2O1. The molecule has 0 spiro atoms. The monoisotopic (exact) mass is 148 g/mol. The van der Waals surface area contributed by atoms with Gasteiger partial charge in [-0.1, -0.05) is 6.58 Å². The summed E-state index contributed by atoms with van der Waals surface area (Å²) in [5.74, 6) is 1.39. The predicted molar refractivity (Wildman–Crippen MR) is 40.1 cm³/mol. The molecule has 0 N–H and O–H groups in total. The van der Waals surface area contributed by atoms with Crippen LogP contribution in [0, 0.1) is 0 Å².